The number of carbonyl (C=O) groups is 3. The van der Waals surface area contributed by atoms with Crippen molar-refractivity contribution in [2.45, 2.75) is 109 Å². The molecule has 0 bridgehead atoms. The highest BCUT2D eigenvalue weighted by molar-refractivity contribution is 6.00. The maximum absolute atomic E-state index is 14.0. The summed E-state index contributed by atoms with van der Waals surface area (Å²) >= 11 is 0. The van der Waals surface area contributed by atoms with Crippen molar-refractivity contribution in [1.82, 2.24) is 29.8 Å². The van der Waals surface area contributed by atoms with Crippen LogP contribution in [0.25, 0.3) is 5.69 Å². The minimum absolute atomic E-state index is 0.0236. The molecule has 6 rings (SSSR count). The lowest BCUT2D eigenvalue weighted by atomic mass is 9.77. The normalized spacial score (nSPS) is 23.3. The standard InChI is InChI=1S/C36H52N6O5/c1-4-5-17-41-33(44)31(24-35(46)13-7-6-8-14-35)37-34(45)36(41)15-18-39(19-16-36)25-30-26(2)38-42(27(30)3)29-11-9-28(10-12-29)32(43)40-20-22-47-23-21-40/h9-12,31,46H,4-8,13-25H2,1-3H3,(H,37,45)/t31-/m1/s1. The monoisotopic (exact) mass is 648 g/mol. The zero-order valence-electron chi connectivity index (χ0n) is 28.4. The Bertz CT molecular complexity index is 1430. The molecule has 1 spiro atoms. The zero-order chi connectivity index (χ0) is 33.2. The number of piperidine rings is 1. The van der Waals surface area contributed by atoms with Gasteiger partial charge in [-0.15, -0.1) is 0 Å². The number of ether oxygens (including phenoxy) is 1. The Morgan fingerprint density at radius 3 is 2.34 bits per heavy atom. The minimum Gasteiger partial charge on any atom is -0.390 e. The first-order valence-corrected chi connectivity index (χ1v) is 17.7. The Balaban J connectivity index is 1.12. The number of unbranched alkanes of at least 4 members (excludes halogenated alkanes) is 1. The molecule has 4 fully saturated rings. The molecule has 3 aliphatic heterocycles. The van der Waals surface area contributed by atoms with E-state index >= 15 is 0 Å². The fraction of sp³-hybridized carbons (Fsp3) is 0.667. The number of benzene rings is 1. The van der Waals surface area contributed by atoms with Crippen molar-refractivity contribution in [2.75, 3.05) is 45.9 Å². The van der Waals surface area contributed by atoms with Gasteiger partial charge in [0.2, 0.25) is 11.8 Å². The third-order valence-electron chi connectivity index (χ3n) is 11.1. The van der Waals surface area contributed by atoms with Gasteiger partial charge in [-0.3, -0.25) is 19.3 Å². The molecule has 1 aromatic carbocycles. The number of likely N-dealkylation sites (tertiary alicyclic amines) is 1. The van der Waals surface area contributed by atoms with Crippen LogP contribution in [-0.4, -0.2) is 110 Å². The Kier molecular flexibility index (Phi) is 10.1. The molecule has 1 saturated carbocycles. The van der Waals surface area contributed by atoms with Crippen LogP contribution >= 0.6 is 0 Å². The average Bonchev–Trinajstić information content (AvgIpc) is 3.37. The van der Waals surface area contributed by atoms with E-state index in [9.17, 15) is 19.5 Å². The molecule has 2 aromatic rings. The van der Waals surface area contributed by atoms with E-state index in [4.69, 9.17) is 9.84 Å². The third-order valence-corrected chi connectivity index (χ3v) is 11.1. The van der Waals surface area contributed by atoms with Gasteiger partial charge in [-0.1, -0.05) is 32.6 Å². The van der Waals surface area contributed by atoms with Crippen LogP contribution in [0.5, 0.6) is 0 Å². The van der Waals surface area contributed by atoms with Gasteiger partial charge in [0, 0.05) is 62.5 Å². The summed E-state index contributed by atoms with van der Waals surface area (Å²) in [5.41, 5.74) is 3.01. The molecular weight excluding hydrogens is 596 g/mol. The molecule has 3 saturated heterocycles. The summed E-state index contributed by atoms with van der Waals surface area (Å²) in [5, 5.41) is 19.2. The van der Waals surface area contributed by atoms with Crippen molar-refractivity contribution in [3.8, 4) is 5.69 Å². The highest BCUT2D eigenvalue weighted by atomic mass is 16.5. The summed E-state index contributed by atoms with van der Waals surface area (Å²) in [7, 11) is 0. The molecule has 0 radical (unpaired) electrons. The van der Waals surface area contributed by atoms with E-state index in [0.717, 1.165) is 54.7 Å². The van der Waals surface area contributed by atoms with Gasteiger partial charge < -0.3 is 25.0 Å². The van der Waals surface area contributed by atoms with Crippen LogP contribution < -0.4 is 5.32 Å². The van der Waals surface area contributed by atoms with Gasteiger partial charge in [0.1, 0.15) is 11.6 Å². The van der Waals surface area contributed by atoms with E-state index in [2.05, 4.69) is 24.1 Å². The second kappa shape index (κ2) is 14.1. The quantitative estimate of drug-likeness (QED) is 0.427. The third kappa shape index (κ3) is 6.85. The average molecular weight is 649 g/mol. The smallest absolute Gasteiger partial charge is 0.254 e. The van der Waals surface area contributed by atoms with E-state index < -0.39 is 17.2 Å². The molecule has 3 amide bonds. The summed E-state index contributed by atoms with van der Waals surface area (Å²) in [6.45, 7) is 11.3. The first-order valence-electron chi connectivity index (χ1n) is 17.7. The Morgan fingerprint density at radius 2 is 1.68 bits per heavy atom. The maximum atomic E-state index is 14.0. The van der Waals surface area contributed by atoms with Gasteiger partial charge in [0.05, 0.1) is 30.2 Å². The molecule has 1 aromatic heterocycles. The van der Waals surface area contributed by atoms with Crippen LogP contribution in [0.15, 0.2) is 24.3 Å². The van der Waals surface area contributed by atoms with Gasteiger partial charge in [0.15, 0.2) is 0 Å². The summed E-state index contributed by atoms with van der Waals surface area (Å²) in [6, 6.07) is 6.98. The van der Waals surface area contributed by atoms with Gasteiger partial charge in [0.25, 0.3) is 5.91 Å². The molecule has 11 heteroatoms. The Morgan fingerprint density at radius 1 is 1.00 bits per heavy atom. The van der Waals surface area contributed by atoms with Crippen molar-refractivity contribution >= 4 is 17.7 Å². The Hall–Kier alpha value is -3.28. The summed E-state index contributed by atoms with van der Waals surface area (Å²) in [5.74, 6) is -0.0699. The number of nitrogens with one attached hydrogen (secondary N) is 1. The first-order chi connectivity index (χ1) is 22.6. The summed E-state index contributed by atoms with van der Waals surface area (Å²) in [6.07, 6.45) is 7.67. The van der Waals surface area contributed by atoms with Gasteiger partial charge in [-0.2, -0.15) is 5.10 Å². The lowest BCUT2D eigenvalue weighted by molar-refractivity contribution is -0.163. The van der Waals surface area contributed by atoms with Crippen LogP contribution in [0.3, 0.4) is 0 Å². The number of aryl methyl sites for hydroxylation is 1. The topological polar surface area (TPSA) is 120 Å². The molecule has 0 unspecified atom stereocenters. The first kappa shape index (κ1) is 33.6. The molecule has 11 nitrogen and oxygen atoms in total. The van der Waals surface area contributed by atoms with E-state index in [1.54, 1.807) is 0 Å². The number of hydrogen-bond donors (Lipinski definition) is 2. The number of aliphatic hydroxyl groups is 1. The van der Waals surface area contributed by atoms with Crippen molar-refractivity contribution in [3.63, 3.8) is 0 Å². The highest BCUT2D eigenvalue weighted by Gasteiger charge is 2.54. The fourth-order valence-corrected chi connectivity index (χ4v) is 8.10. The zero-order valence-corrected chi connectivity index (χ0v) is 28.4. The number of amides is 3. The molecule has 47 heavy (non-hydrogen) atoms. The van der Waals surface area contributed by atoms with Crippen LogP contribution in [-0.2, 0) is 20.9 Å². The molecule has 1 atom stereocenters. The second-order valence-corrected chi connectivity index (χ2v) is 14.2. The molecule has 2 N–H and O–H groups in total. The number of carbonyl (C=O) groups excluding carboxylic acids is 3. The Labute approximate surface area is 278 Å². The number of piperazine rings is 1. The number of nitrogens with zero attached hydrogens (tertiary/aromatic N) is 5. The lowest BCUT2D eigenvalue weighted by Gasteiger charge is -2.52. The van der Waals surface area contributed by atoms with Crippen LogP contribution in [0.2, 0.25) is 0 Å². The van der Waals surface area contributed by atoms with Crippen LogP contribution in [0.1, 0.15) is 98.4 Å². The summed E-state index contributed by atoms with van der Waals surface area (Å²) < 4.78 is 7.32. The van der Waals surface area contributed by atoms with Gasteiger partial charge in [-0.05, 0) is 70.2 Å². The predicted octanol–water partition coefficient (Wildman–Crippen LogP) is 3.51. The van der Waals surface area contributed by atoms with Gasteiger partial charge in [-0.25, -0.2) is 4.68 Å². The van der Waals surface area contributed by atoms with Crippen LogP contribution in [0, 0.1) is 13.8 Å². The fourth-order valence-electron chi connectivity index (χ4n) is 8.10. The highest BCUT2D eigenvalue weighted by Crippen LogP contribution is 2.38. The van der Waals surface area contributed by atoms with Crippen molar-refractivity contribution < 1.29 is 24.2 Å². The number of rotatable bonds is 9. The second-order valence-electron chi connectivity index (χ2n) is 14.2. The number of hydrogen-bond acceptors (Lipinski definition) is 7. The molecule has 4 heterocycles. The molecule has 4 aliphatic rings. The lowest BCUT2D eigenvalue weighted by Crippen LogP contribution is -2.73. The molecular formula is C36H52N6O5. The number of morpholine rings is 1. The SMILES string of the molecule is CCCCN1C(=O)[C@@H](CC2(O)CCCCC2)NC(=O)C12CCN(Cc1c(C)nn(-c3ccc(C(=O)N4CCOCC4)cc3)c1C)CC2. The van der Waals surface area contributed by atoms with E-state index in [1.165, 1.54) is 0 Å². The minimum atomic E-state index is -0.876. The molecule has 1 aliphatic carbocycles. The van der Waals surface area contributed by atoms with Crippen molar-refractivity contribution in [1.29, 1.82) is 0 Å². The molecule has 256 valence electrons. The predicted molar refractivity (Wildman–Crippen MR) is 178 cm³/mol. The number of aromatic nitrogens is 2. The van der Waals surface area contributed by atoms with E-state index in [0.29, 0.717) is 90.1 Å². The van der Waals surface area contributed by atoms with Crippen molar-refractivity contribution in [2.24, 2.45) is 0 Å². The maximum Gasteiger partial charge on any atom is 0.254 e. The van der Waals surface area contributed by atoms with Crippen molar-refractivity contribution in [3.05, 3.63) is 46.8 Å². The van der Waals surface area contributed by atoms with E-state index in [1.807, 2.05) is 45.7 Å². The van der Waals surface area contributed by atoms with Gasteiger partial charge >= 0.3 is 0 Å². The van der Waals surface area contributed by atoms with E-state index in [-0.39, 0.29) is 17.7 Å². The largest absolute Gasteiger partial charge is 0.390 e. The summed E-state index contributed by atoms with van der Waals surface area (Å²) in [4.78, 5) is 46.8. The van der Waals surface area contributed by atoms with Crippen LogP contribution in [0.4, 0.5) is 0 Å².